The van der Waals surface area contributed by atoms with Gasteiger partial charge in [0.2, 0.25) is 0 Å². The first-order valence-electron chi connectivity index (χ1n) is 3.43. The van der Waals surface area contributed by atoms with Crippen molar-refractivity contribution in [3.8, 4) is 0 Å². The van der Waals surface area contributed by atoms with Gasteiger partial charge in [-0.2, -0.15) is 0 Å². The number of rotatable bonds is 4. The average molecular weight is 142 g/mol. The highest BCUT2D eigenvalue weighted by Gasteiger charge is 2.02. The van der Waals surface area contributed by atoms with Gasteiger partial charge in [-0.3, -0.25) is 4.79 Å². The maximum atomic E-state index is 10.5. The van der Waals surface area contributed by atoms with E-state index in [1.165, 1.54) is 0 Å². The van der Waals surface area contributed by atoms with E-state index >= 15 is 0 Å². The van der Waals surface area contributed by atoms with Crippen LogP contribution < -0.4 is 0 Å². The second-order valence-corrected chi connectivity index (χ2v) is 2.32. The molecule has 0 rings (SSSR count). The summed E-state index contributed by atoms with van der Waals surface area (Å²) in [5.41, 5.74) is 0. The molecule has 0 aliphatic carbocycles. The van der Waals surface area contributed by atoms with Crippen LogP contribution in [0.1, 0.15) is 27.2 Å². The monoisotopic (exact) mass is 142 g/mol. The minimum Gasteiger partial charge on any atom is -0.498 e. The lowest BCUT2D eigenvalue weighted by Crippen LogP contribution is -2.08. The largest absolute Gasteiger partial charge is 0.498 e. The molecule has 0 fully saturated rings. The summed E-state index contributed by atoms with van der Waals surface area (Å²) in [7, 11) is 0. The van der Waals surface area contributed by atoms with E-state index in [4.69, 9.17) is 4.74 Å². The van der Waals surface area contributed by atoms with Crippen molar-refractivity contribution in [2.24, 2.45) is 0 Å². The number of hydrogen-bond acceptors (Lipinski definition) is 2. The number of ether oxygens (including phenoxy) is 1. The number of allylic oxidation sites excluding steroid dienone is 1. The Bertz CT molecular complexity index is 127. The van der Waals surface area contributed by atoms with Gasteiger partial charge in [-0.1, -0.05) is 6.08 Å². The number of carbonyl (C=O) groups is 1. The Morgan fingerprint density at radius 3 is 2.70 bits per heavy atom. The van der Waals surface area contributed by atoms with E-state index in [1.54, 1.807) is 19.3 Å². The Labute approximate surface area is 61.9 Å². The van der Waals surface area contributed by atoms with Crippen LogP contribution in [0.4, 0.5) is 0 Å². The Balaban J connectivity index is 3.43. The molecule has 0 saturated carbocycles. The van der Waals surface area contributed by atoms with Crippen molar-refractivity contribution in [1.29, 1.82) is 0 Å². The van der Waals surface area contributed by atoms with E-state index in [1.807, 2.05) is 13.8 Å². The molecule has 10 heavy (non-hydrogen) atoms. The van der Waals surface area contributed by atoms with E-state index < -0.39 is 0 Å². The maximum absolute atomic E-state index is 10.5. The Kier molecular flexibility index (Phi) is 4.63. The second-order valence-electron chi connectivity index (χ2n) is 2.32. The van der Waals surface area contributed by atoms with Crippen LogP contribution in [0.15, 0.2) is 12.3 Å². The lowest BCUT2D eigenvalue weighted by Gasteiger charge is -2.07. The molecule has 1 atom stereocenters. The zero-order valence-corrected chi connectivity index (χ0v) is 6.76. The molecule has 0 aromatic rings. The molecule has 0 aromatic carbocycles. The first-order chi connectivity index (χ1) is 4.66. The van der Waals surface area contributed by atoms with Crippen molar-refractivity contribution in [3.05, 3.63) is 12.3 Å². The molecule has 0 aliphatic rings. The normalized spacial score (nSPS) is 13.5. The van der Waals surface area contributed by atoms with Gasteiger partial charge < -0.3 is 4.74 Å². The van der Waals surface area contributed by atoms with Gasteiger partial charge in [-0.25, -0.2) is 0 Å². The third-order valence-electron chi connectivity index (χ3n) is 1.02. The van der Waals surface area contributed by atoms with Gasteiger partial charge in [0.25, 0.3) is 0 Å². The Morgan fingerprint density at radius 2 is 2.30 bits per heavy atom. The second kappa shape index (κ2) is 5.03. The highest BCUT2D eigenvalue weighted by atomic mass is 16.5. The van der Waals surface area contributed by atoms with Crippen LogP contribution in [-0.4, -0.2) is 11.9 Å². The van der Waals surface area contributed by atoms with Gasteiger partial charge in [0.15, 0.2) is 0 Å². The number of carbonyl (C=O) groups excluding carboxylic acids is 1. The number of hydrogen-bond donors (Lipinski definition) is 0. The molecule has 1 unspecified atom stereocenters. The lowest BCUT2D eigenvalue weighted by atomic mass is 10.2. The molecule has 0 saturated heterocycles. The summed E-state index contributed by atoms with van der Waals surface area (Å²) in [5, 5.41) is 0. The van der Waals surface area contributed by atoms with Gasteiger partial charge in [-0.15, -0.1) is 0 Å². The minimum absolute atomic E-state index is 0.00806. The summed E-state index contributed by atoms with van der Waals surface area (Å²) in [6, 6.07) is 0. The number of Topliss-reactive ketones (excluding diaryl/α,β-unsaturated/α-hetero) is 1. The Hall–Kier alpha value is -0.790. The minimum atomic E-state index is 0.00806. The summed E-state index contributed by atoms with van der Waals surface area (Å²) in [6.45, 7) is 5.32. The van der Waals surface area contributed by atoms with Crippen molar-refractivity contribution in [1.82, 2.24) is 0 Å². The molecule has 0 heterocycles. The van der Waals surface area contributed by atoms with Crippen LogP contribution in [-0.2, 0) is 9.53 Å². The molecule has 0 bridgehead atoms. The molecule has 0 radical (unpaired) electrons. The summed E-state index contributed by atoms with van der Waals surface area (Å²) in [5.74, 6) is 0.164. The van der Waals surface area contributed by atoms with Crippen LogP contribution in [0.2, 0.25) is 0 Å². The smallest absolute Gasteiger partial charge is 0.133 e. The zero-order valence-electron chi connectivity index (χ0n) is 6.76. The van der Waals surface area contributed by atoms with Crippen LogP contribution in [0.3, 0.4) is 0 Å². The van der Waals surface area contributed by atoms with Gasteiger partial charge in [-0.05, 0) is 20.8 Å². The molecule has 2 heteroatoms. The summed E-state index contributed by atoms with van der Waals surface area (Å²) in [4.78, 5) is 10.5. The molecule has 58 valence electrons. The van der Waals surface area contributed by atoms with Crippen LogP contribution in [0.5, 0.6) is 0 Å². The molecule has 0 N–H and O–H groups in total. The fourth-order valence-corrected chi connectivity index (χ4v) is 0.666. The van der Waals surface area contributed by atoms with Gasteiger partial charge in [0.05, 0.1) is 6.26 Å². The molecule has 2 nitrogen and oxygen atoms in total. The molecule has 0 aliphatic heterocycles. The summed E-state index contributed by atoms with van der Waals surface area (Å²) < 4.78 is 5.10. The predicted octanol–water partition coefficient (Wildman–Crippen LogP) is 1.90. The summed E-state index contributed by atoms with van der Waals surface area (Å²) >= 11 is 0. The topological polar surface area (TPSA) is 26.3 Å². The standard InChI is InChI=1S/C8H14O2/c1-4-5-10-8(3)6-7(2)9/h4-5,8H,6H2,1-3H3/b5-4+. The highest BCUT2D eigenvalue weighted by molar-refractivity contribution is 5.75. The van der Waals surface area contributed by atoms with Gasteiger partial charge in [0.1, 0.15) is 11.9 Å². The van der Waals surface area contributed by atoms with Gasteiger partial charge >= 0.3 is 0 Å². The molecular weight excluding hydrogens is 128 g/mol. The van der Waals surface area contributed by atoms with Crippen molar-refractivity contribution < 1.29 is 9.53 Å². The first-order valence-corrected chi connectivity index (χ1v) is 3.43. The van der Waals surface area contributed by atoms with Crippen molar-refractivity contribution in [2.75, 3.05) is 0 Å². The fourth-order valence-electron chi connectivity index (χ4n) is 0.666. The highest BCUT2D eigenvalue weighted by Crippen LogP contribution is 1.97. The molecule has 0 spiro atoms. The summed E-state index contributed by atoms with van der Waals surface area (Å²) in [6.07, 6.45) is 3.91. The maximum Gasteiger partial charge on any atom is 0.133 e. The predicted molar refractivity (Wildman–Crippen MR) is 40.7 cm³/mol. The van der Waals surface area contributed by atoms with Crippen LogP contribution in [0.25, 0.3) is 0 Å². The third kappa shape index (κ3) is 5.35. The van der Waals surface area contributed by atoms with E-state index in [2.05, 4.69) is 0 Å². The van der Waals surface area contributed by atoms with Crippen molar-refractivity contribution in [3.63, 3.8) is 0 Å². The Morgan fingerprint density at radius 1 is 1.70 bits per heavy atom. The molecule has 0 amide bonds. The van der Waals surface area contributed by atoms with Crippen LogP contribution in [0, 0.1) is 0 Å². The fraction of sp³-hybridized carbons (Fsp3) is 0.625. The van der Waals surface area contributed by atoms with E-state index in [-0.39, 0.29) is 11.9 Å². The van der Waals surface area contributed by atoms with E-state index in [0.29, 0.717) is 6.42 Å². The van der Waals surface area contributed by atoms with E-state index in [0.717, 1.165) is 0 Å². The lowest BCUT2D eigenvalue weighted by molar-refractivity contribution is -0.118. The first kappa shape index (κ1) is 9.21. The quantitative estimate of drug-likeness (QED) is 0.560. The average Bonchev–Trinajstić information content (AvgIpc) is 1.82. The van der Waals surface area contributed by atoms with E-state index in [9.17, 15) is 4.79 Å². The van der Waals surface area contributed by atoms with Gasteiger partial charge in [0, 0.05) is 6.42 Å². The molecular formula is C8H14O2. The van der Waals surface area contributed by atoms with Crippen LogP contribution >= 0.6 is 0 Å². The zero-order chi connectivity index (χ0) is 7.98. The molecule has 0 aromatic heterocycles. The SMILES string of the molecule is C/C=C/OC(C)CC(C)=O. The number of ketones is 1. The van der Waals surface area contributed by atoms with Crippen molar-refractivity contribution in [2.45, 2.75) is 33.3 Å². The van der Waals surface area contributed by atoms with Crippen molar-refractivity contribution >= 4 is 5.78 Å². The third-order valence-corrected chi connectivity index (χ3v) is 1.02.